The first-order chi connectivity index (χ1) is 12.6. The first-order valence-corrected chi connectivity index (χ1v) is 9.06. The number of carbonyl (C=O) groups is 1. The lowest BCUT2D eigenvalue weighted by molar-refractivity contribution is -0.137. The molecule has 0 aliphatic rings. The van der Waals surface area contributed by atoms with E-state index in [1.807, 2.05) is 0 Å². The zero-order valence-corrected chi connectivity index (χ0v) is 14.6. The van der Waals surface area contributed by atoms with E-state index in [-0.39, 0.29) is 29.5 Å². The summed E-state index contributed by atoms with van der Waals surface area (Å²) in [6.45, 7) is -0.0146. The van der Waals surface area contributed by atoms with Gasteiger partial charge < -0.3 is 16.0 Å². The second-order valence-electron chi connectivity index (χ2n) is 5.28. The van der Waals surface area contributed by atoms with Gasteiger partial charge in [0.25, 0.3) is 0 Å². The molecule has 0 unspecified atom stereocenters. The Morgan fingerprint density at radius 3 is 2.56 bits per heavy atom. The van der Waals surface area contributed by atoms with Gasteiger partial charge in [-0.05, 0) is 30.3 Å². The van der Waals surface area contributed by atoms with Crippen LogP contribution in [0.1, 0.15) is 5.56 Å². The summed E-state index contributed by atoms with van der Waals surface area (Å²) in [5, 5.41) is 12.3. The van der Waals surface area contributed by atoms with Gasteiger partial charge in [-0.2, -0.15) is 13.2 Å². The van der Waals surface area contributed by atoms with Crippen molar-refractivity contribution in [2.45, 2.75) is 11.1 Å². The topological polar surface area (TPSA) is 126 Å². The van der Waals surface area contributed by atoms with E-state index in [0.29, 0.717) is 0 Å². The lowest BCUT2D eigenvalue weighted by atomic mass is 10.2. The number of carbonyl (C=O) groups excluding carboxylic acids is 1. The van der Waals surface area contributed by atoms with E-state index >= 15 is 0 Å². The van der Waals surface area contributed by atoms with Crippen molar-refractivity contribution in [2.24, 2.45) is 5.14 Å². The van der Waals surface area contributed by atoms with Crippen molar-refractivity contribution in [1.29, 1.82) is 0 Å². The number of pyridine rings is 1. The first kappa shape index (κ1) is 20.5. The lowest BCUT2D eigenvalue weighted by Gasteiger charge is -2.13. The van der Waals surface area contributed by atoms with E-state index < -0.39 is 27.8 Å². The largest absolute Gasteiger partial charge is 0.419 e. The summed E-state index contributed by atoms with van der Waals surface area (Å²) in [5.74, 6) is -0.340. The molecule has 0 aliphatic carbocycles. The first-order valence-electron chi connectivity index (χ1n) is 7.51. The number of amides is 2. The van der Waals surface area contributed by atoms with Crippen LogP contribution in [0.5, 0.6) is 0 Å². The summed E-state index contributed by atoms with van der Waals surface area (Å²) in [4.78, 5) is 15.2. The Balaban J connectivity index is 1.86. The van der Waals surface area contributed by atoms with E-state index in [2.05, 4.69) is 20.9 Å². The van der Waals surface area contributed by atoms with Gasteiger partial charge in [0.2, 0.25) is 10.0 Å². The Bertz CT molecular complexity index is 919. The van der Waals surface area contributed by atoms with Crippen molar-refractivity contribution < 1.29 is 26.4 Å². The minimum atomic E-state index is -4.55. The number of nitrogens with two attached hydrogens (primary N) is 1. The van der Waals surface area contributed by atoms with Crippen LogP contribution in [0.25, 0.3) is 0 Å². The van der Waals surface area contributed by atoms with Crippen LogP contribution in [0.15, 0.2) is 47.5 Å². The SMILES string of the molecule is NS(=O)(=O)c1cccc(NC(=O)NCCNc2ncccc2C(F)(F)F)c1. The molecule has 0 bridgehead atoms. The number of nitrogens with one attached hydrogen (secondary N) is 3. The molecular formula is C15H16F3N5O3S. The molecule has 5 N–H and O–H groups in total. The average molecular weight is 403 g/mol. The van der Waals surface area contributed by atoms with Gasteiger partial charge in [-0.1, -0.05) is 6.07 Å². The number of anilines is 2. The van der Waals surface area contributed by atoms with Crippen LogP contribution < -0.4 is 21.1 Å². The van der Waals surface area contributed by atoms with Crippen LogP contribution in [0.4, 0.5) is 29.5 Å². The highest BCUT2D eigenvalue weighted by Gasteiger charge is 2.33. The number of aromatic nitrogens is 1. The molecule has 0 aliphatic heterocycles. The van der Waals surface area contributed by atoms with E-state index in [4.69, 9.17) is 5.14 Å². The summed E-state index contributed by atoms with van der Waals surface area (Å²) in [6.07, 6.45) is -3.33. The van der Waals surface area contributed by atoms with Gasteiger partial charge in [0.05, 0.1) is 10.5 Å². The van der Waals surface area contributed by atoms with Gasteiger partial charge in [-0.25, -0.2) is 23.3 Å². The molecule has 0 saturated heterocycles. The normalized spacial score (nSPS) is 11.7. The molecular weight excluding hydrogens is 387 g/mol. The number of urea groups is 1. The van der Waals surface area contributed by atoms with Crippen molar-refractivity contribution in [2.75, 3.05) is 23.7 Å². The summed E-state index contributed by atoms with van der Waals surface area (Å²) < 4.78 is 61.0. The fourth-order valence-corrected chi connectivity index (χ4v) is 2.62. The van der Waals surface area contributed by atoms with E-state index in [9.17, 15) is 26.4 Å². The molecule has 1 aromatic heterocycles. The van der Waals surface area contributed by atoms with Crippen LogP contribution in [-0.2, 0) is 16.2 Å². The predicted octanol–water partition coefficient (Wildman–Crippen LogP) is 1.98. The van der Waals surface area contributed by atoms with Crippen molar-refractivity contribution >= 4 is 27.6 Å². The summed E-state index contributed by atoms with van der Waals surface area (Å²) >= 11 is 0. The molecule has 0 fully saturated rings. The number of benzene rings is 1. The van der Waals surface area contributed by atoms with Crippen LogP contribution in [0.3, 0.4) is 0 Å². The van der Waals surface area contributed by atoms with Gasteiger partial charge in [0.15, 0.2) is 0 Å². The number of halogens is 3. The Kier molecular flexibility index (Phi) is 6.23. The maximum absolute atomic E-state index is 12.8. The maximum atomic E-state index is 12.8. The maximum Gasteiger partial charge on any atom is 0.419 e. The average Bonchev–Trinajstić information content (AvgIpc) is 2.58. The molecule has 12 heteroatoms. The smallest absolute Gasteiger partial charge is 0.368 e. The quantitative estimate of drug-likeness (QED) is 0.549. The molecule has 27 heavy (non-hydrogen) atoms. The van der Waals surface area contributed by atoms with Crippen LogP contribution in [0, 0.1) is 0 Å². The molecule has 0 spiro atoms. The molecule has 8 nitrogen and oxygen atoms in total. The number of rotatable bonds is 6. The molecule has 0 atom stereocenters. The predicted molar refractivity (Wildman–Crippen MR) is 92.6 cm³/mol. The van der Waals surface area contributed by atoms with Crippen LogP contribution >= 0.6 is 0 Å². The molecule has 1 heterocycles. The highest BCUT2D eigenvalue weighted by molar-refractivity contribution is 7.89. The van der Waals surface area contributed by atoms with Gasteiger partial charge in [-0.15, -0.1) is 0 Å². The summed E-state index contributed by atoms with van der Waals surface area (Å²) in [7, 11) is -3.91. The Morgan fingerprint density at radius 2 is 1.89 bits per heavy atom. The number of alkyl halides is 3. The summed E-state index contributed by atoms with van der Waals surface area (Å²) in [5.41, 5.74) is -0.717. The fourth-order valence-electron chi connectivity index (χ4n) is 2.06. The third kappa shape index (κ3) is 6.11. The zero-order valence-electron chi connectivity index (χ0n) is 13.7. The van der Waals surface area contributed by atoms with Crippen molar-refractivity contribution in [3.05, 3.63) is 48.2 Å². The highest BCUT2D eigenvalue weighted by Crippen LogP contribution is 2.33. The zero-order chi connectivity index (χ0) is 20.1. The standard InChI is InChI=1S/C15H16F3N5O3S/c16-15(17,18)12-5-2-6-20-13(12)21-7-8-22-14(24)23-10-3-1-4-11(9-10)27(19,25)26/h1-6,9H,7-8H2,(H,20,21)(H2,19,25,26)(H2,22,23,24). The number of primary sulfonamides is 1. The van der Waals surface area contributed by atoms with Crippen molar-refractivity contribution in [3.63, 3.8) is 0 Å². The molecule has 0 saturated carbocycles. The summed E-state index contributed by atoms with van der Waals surface area (Å²) in [6, 6.07) is 6.71. The van der Waals surface area contributed by atoms with Crippen LogP contribution in [-0.4, -0.2) is 32.5 Å². The van der Waals surface area contributed by atoms with Gasteiger partial charge in [0, 0.05) is 25.0 Å². The second kappa shape index (κ2) is 8.22. The van der Waals surface area contributed by atoms with Crippen molar-refractivity contribution in [1.82, 2.24) is 10.3 Å². The fraction of sp³-hybridized carbons (Fsp3) is 0.200. The molecule has 2 aromatic rings. The second-order valence-corrected chi connectivity index (χ2v) is 6.84. The third-order valence-electron chi connectivity index (χ3n) is 3.24. The van der Waals surface area contributed by atoms with Gasteiger partial charge in [-0.3, -0.25) is 0 Å². The van der Waals surface area contributed by atoms with E-state index in [0.717, 1.165) is 6.07 Å². The monoisotopic (exact) mass is 403 g/mol. The number of hydrogen-bond acceptors (Lipinski definition) is 5. The number of nitrogens with zero attached hydrogens (tertiary/aromatic N) is 1. The van der Waals surface area contributed by atoms with Crippen molar-refractivity contribution in [3.8, 4) is 0 Å². The minimum Gasteiger partial charge on any atom is -0.368 e. The minimum absolute atomic E-state index is 0.00537. The van der Waals surface area contributed by atoms with Gasteiger partial charge >= 0.3 is 12.2 Å². The molecule has 146 valence electrons. The number of hydrogen-bond donors (Lipinski definition) is 4. The Labute approximate surface area is 153 Å². The van der Waals surface area contributed by atoms with Crippen LogP contribution in [0.2, 0.25) is 0 Å². The molecule has 2 amide bonds. The molecule has 0 radical (unpaired) electrons. The Morgan fingerprint density at radius 1 is 1.15 bits per heavy atom. The van der Waals surface area contributed by atoms with E-state index in [1.54, 1.807) is 0 Å². The van der Waals surface area contributed by atoms with Gasteiger partial charge in [0.1, 0.15) is 5.82 Å². The molecule has 2 rings (SSSR count). The highest BCUT2D eigenvalue weighted by atomic mass is 32.2. The molecule has 1 aromatic carbocycles. The third-order valence-corrected chi connectivity index (χ3v) is 4.15. The number of sulfonamides is 1. The lowest BCUT2D eigenvalue weighted by Crippen LogP contribution is -2.33. The Hall–Kier alpha value is -2.86. The van der Waals surface area contributed by atoms with E-state index in [1.165, 1.54) is 36.5 Å².